The van der Waals surface area contributed by atoms with Gasteiger partial charge in [0.2, 0.25) is 0 Å². The van der Waals surface area contributed by atoms with Gasteiger partial charge in [0, 0.05) is 35.7 Å². The van der Waals surface area contributed by atoms with Gasteiger partial charge in [-0.2, -0.15) is 5.01 Å². The van der Waals surface area contributed by atoms with E-state index in [1.807, 2.05) is 117 Å². The number of nitrogens with zero attached hydrogens (tertiary/aromatic N) is 6. The third-order valence-corrected chi connectivity index (χ3v) is 11.5. The van der Waals surface area contributed by atoms with E-state index in [4.69, 9.17) is 21.6 Å². The van der Waals surface area contributed by atoms with Crippen LogP contribution in [0.15, 0.2) is 128 Å². The van der Waals surface area contributed by atoms with Gasteiger partial charge < -0.3 is 10.6 Å². The lowest BCUT2D eigenvalue weighted by molar-refractivity contribution is 0.109. The molecule has 0 saturated heterocycles. The lowest BCUT2D eigenvalue weighted by Gasteiger charge is -2.47. The minimum atomic E-state index is -1.02. The minimum absolute atomic E-state index is 0.314. The van der Waals surface area contributed by atoms with E-state index in [1.165, 1.54) is 5.01 Å². The van der Waals surface area contributed by atoms with Gasteiger partial charge in [0.1, 0.15) is 10.7 Å². The lowest BCUT2D eigenvalue weighted by Crippen LogP contribution is -2.64. The van der Waals surface area contributed by atoms with E-state index >= 15 is 9.59 Å². The number of urea groups is 2. The molecule has 0 unspecified atom stereocenters. The number of carbonyl (C=O) groups is 2. The van der Waals surface area contributed by atoms with Crippen molar-refractivity contribution >= 4 is 35.0 Å². The third kappa shape index (κ3) is 7.82. The maximum absolute atomic E-state index is 15.4. The minimum Gasteiger partial charge on any atom is -0.325 e. The van der Waals surface area contributed by atoms with Gasteiger partial charge in [-0.1, -0.05) is 73.7 Å². The number of aryl methyl sites for hydroxylation is 2. The molecule has 0 bridgehead atoms. The molecule has 0 spiro atoms. The summed E-state index contributed by atoms with van der Waals surface area (Å²) in [5.74, 6) is 0. The smallest absolute Gasteiger partial charge is 0.325 e. The van der Waals surface area contributed by atoms with Crippen molar-refractivity contribution in [3.63, 3.8) is 0 Å². The second kappa shape index (κ2) is 16.2. The Morgan fingerprint density at radius 2 is 1.21 bits per heavy atom. The Kier molecular flexibility index (Phi) is 10.7. The van der Waals surface area contributed by atoms with Crippen LogP contribution >= 0.6 is 11.6 Å². The largest absolute Gasteiger partial charge is 0.342 e. The van der Waals surface area contributed by atoms with Crippen LogP contribution in [0.4, 0.5) is 21.0 Å². The molecule has 2 N–H and O–H groups in total. The van der Waals surface area contributed by atoms with Crippen molar-refractivity contribution in [3.05, 3.63) is 156 Å². The zero-order chi connectivity index (χ0) is 39.4. The molecule has 57 heavy (non-hydrogen) atoms. The predicted octanol–water partition coefficient (Wildman–Crippen LogP) is 10.8. The van der Waals surface area contributed by atoms with Crippen LogP contribution in [-0.2, 0) is 11.1 Å². The van der Waals surface area contributed by atoms with Gasteiger partial charge in [-0.25, -0.2) is 19.6 Å². The molecule has 2 aliphatic rings. The van der Waals surface area contributed by atoms with Crippen molar-refractivity contribution < 1.29 is 9.59 Å². The molecule has 0 radical (unpaired) electrons. The van der Waals surface area contributed by atoms with E-state index in [0.717, 1.165) is 77.9 Å². The summed E-state index contributed by atoms with van der Waals surface area (Å²) in [6.45, 7) is 3.92. The Hall–Kier alpha value is -6.13. The summed E-state index contributed by atoms with van der Waals surface area (Å²) in [6.07, 6.45) is 11.4. The molecule has 10 nitrogen and oxygen atoms in total. The highest BCUT2D eigenvalue weighted by Gasteiger charge is 2.51. The summed E-state index contributed by atoms with van der Waals surface area (Å²) in [7, 11) is 0. The van der Waals surface area contributed by atoms with E-state index in [1.54, 1.807) is 29.7 Å². The Morgan fingerprint density at radius 3 is 1.79 bits per heavy atom. The molecule has 8 rings (SSSR count). The Balaban J connectivity index is 1.25. The number of pyridine rings is 4. The first kappa shape index (κ1) is 37.8. The SMILES string of the molecule is Cc1cc(-c2ccc(NC(=O)N(N(C(=O)NC3(c4ccccn4)CCCC3)c3ccc(-c4ccnc(C)c4)cc3)C3(c4cccc(Cl)n4)CCCC3)cc2)ccn1. The fourth-order valence-corrected chi connectivity index (χ4v) is 8.66. The number of hydrogen-bond donors (Lipinski definition) is 2. The molecule has 11 heteroatoms. The number of hydrazine groups is 1. The summed E-state index contributed by atoms with van der Waals surface area (Å²) in [5, 5.41) is 10.0. The quantitative estimate of drug-likeness (QED) is 0.117. The van der Waals surface area contributed by atoms with Crippen LogP contribution < -0.4 is 15.6 Å². The summed E-state index contributed by atoms with van der Waals surface area (Å²) in [4.78, 5) is 48.9. The number of anilines is 2. The van der Waals surface area contributed by atoms with Crippen LogP contribution in [0.2, 0.25) is 5.15 Å². The van der Waals surface area contributed by atoms with Crippen LogP contribution in [0.1, 0.15) is 74.1 Å². The van der Waals surface area contributed by atoms with E-state index in [9.17, 15) is 0 Å². The maximum atomic E-state index is 15.4. The fraction of sp³-hybridized carbons (Fsp3) is 0.261. The number of nitrogens with one attached hydrogen (secondary N) is 2. The lowest BCUT2D eigenvalue weighted by atomic mass is 9.91. The highest BCUT2D eigenvalue weighted by atomic mass is 35.5. The van der Waals surface area contributed by atoms with Crippen molar-refractivity contribution in [2.24, 2.45) is 0 Å². The van der Waals surface area contributed by atoms with E-state index < -0.39 is 23.1 Å². The standard InChI is InChI=1S/C46H45ClN8O2/c1-32-30-36(21-28-48-32)34-13-17-38(18-14-34)51-43(56)55(46(25-6-7-26-46)41-11-9-12-42(47)52-41)54(39-19-15-35(16-20-39)37-22-29-49-33(2)31-37)44(57)53-45(23-4-5-24-45)40-10-3-8-27-50-40/h3,8-22,27-31H,4-7,23-26H2,1-2H3,(H,51,56)(H,53,57). The summed E-state index contributed by atoms with van der Waals surface area (Å²) in [6, 6.07) is 33.8. The molecule has 2 fully saturated rings. The number of hydrogen-bond acceptors (Lipinski definition) is 6. The first-order valence-electron chi connectivity index (χ1n) is 19.6. The number of rotatable bonds is 8. The van der Waals surface area contributed by atoms with Crippen LogP contribution in [0.3, 0.4) is 0 Å². The van der Waals surface area contributed by atoms with Gasteiger partial charge in [0.25, 0.3) is 0 Å². The normalized spacial score (nSPS) is 15.5. The molecule has 288 valence electrons. The van der Waals surface area contributed by atoms with Gasteiger partial charge >= 0.3 is 12.1 Å². The van der Waals surface area contributed by atoms with Crippen molar-refractivity contribution in [2.75, 3.05) is 10.3 Å². The fourth-order valence-electron chi connectivity index (χ4n) is 8.50. The first-order valence-corrected chi connectivity index (χ1v) is 20.0. The average molecular weight is 777 g/mol. The van der Waals surface area contributed by atoms with Gasteiger partial charge in [0.05, 0.1) is 22.6 Å². The summed E-state index contributed by atoms with van der Waals surface area (Å²) >= 11 is 6.58. The molecular weight excluding hydrogens is 732 g/mol. The Bertz CT molecular complexity index is 2360. The topological polar surface area (TPSA) is 116 Å². The molecule has 2 saturated carbocycles. The third-order valence-electron chi connectivity index (χ3n) is 11.3. The van der Waals surface area contributed by atoms with E-state index in [-0.39, 0.29) is 0 Å². The maximum Gasteiger partial charge on any atom is 0.342 e. The monoisotopic (exact) mass is 776 g/mol. The van der Waals surface area contributed by atoms with Crippen molar-refractivity contribution in [1.29, 1.82) is 0 Å². The molecule has 2 aromatic carbocycles. The molecule has 6 aromatic rings. The molecule has 4 heterocycles. The highest BCUT2D eigenvalue weighted by Crippen LogP contribution is 2.46. The zero-order valence-electron chi connectivity index (χ0n) is 32.2. The average Bonchev–Trinajstić information content (AvgIpc) is 3.92. The number of carbonyl (C=O) groups excluding carboxylic acids is 2. The van der Waals surface area contributed by atoms with Gasteiger partial charge in [0.15, 0.2) is 0 Å². The molecule has 0 aliphatic heterocycles. The van der Waals surface area contributed by atoms with Crippen LogP contribution in [0.25, 0.3) is 22.3 Å². The highest BCUT2D eigenvalue weighted by molar-refractivity contribution is 6.29. The number of amides is 4. The molecule has 2 aliphatic carbocycles. The number of halogens is 1. The second-order valence-electron chi connectivity index (χ2n) is 15.1. The first-order chi connectivity index (χ1) is 27.7. The zero-order valence-corrected chi connectivity index (χ0v) is 32.9. The predicted molar refractivity (Wildman–Crippen MR) is 224 cm³/mol. The summed E-state index contributed by atoms with van der Waals surface area (Å²) < 4.78 is 0. The van der Waals surface area contributed by atoms with Gasteiger partial charge in [-0.05, 0) is 135 Å². The van der Waals surface area contributed by atoms with Gasteiger partial charge in [-0.15, -0.1) is 0 Å². The molecule has 4 amide bonds. The van der Waals surface area contributed by atoms with Crippen LogP contribution in [0, 0.1) is 13.8 Å². The van der Waals surface area contributed by atoms with Gasteiger partial charge in [-0.3, -0.25) is 15.0 Å². The van der Waals surface area contributed by atoms with Crippen molar-refractivity contribution in [2.45, 2.75) is 76.3 Å². The van der Waals surface area contributed by atoms with E-state index in [0.29, 0.717) is 35.1 Å². The molecule has 4 aromatic heterocycles. The van der Waals surface area contributed by atoms with Crippen LogP contribution in [0.5, 0.6) is 0 Å². The Labute approximate surface area is 338 Å². The van der Waals surface area contributed by atoms with Crippen molar-refractivity contribution in [1.82, 2.24) is 30.3 Å². The second-order valence-corrected chi connectivity index (χ2v) is 15.5. The van der Waals surface area contributed by atoms with Crippen LogP contribution in [-0.4, -0.2) is 37.0 Å². The number of aromatic nitrogens is 4. The van der Waals surface area contributed by atoms with Crippen molar-refractivity contribution in [3.8, 4) is 22.3 Å². The Morgan fingerprint density at radius 1 is 0.614 bits per heavy atom. The molecular formula is C46H45ClN8O2. The number of benzene rings is 2. The van der Waals surface area contributed by atoms with E-state index in [2.05, 4.69) is 20.6 Å². The summed E-state index contributed by atoms with van der Waals surface area (Å²) in [5.41, 5.74) is 6.58. The molecule has 0 atom stereocenters.